The van der Waals surface area contributed by atoms with Gasteiger partial charge in [0.05, 0.1) is 12.2 Å². The zero-order valence-corrected chi connectivity index (χ0v) is 23.1. The first-order valence-electron chi connectivity index (χ1n) is 14.0. The van der Waals surface area contributed by atoms with Crippen LogP contribution in [0.5, 0.6) is 0 Å². The van der Waals surface area contributed by atoms with Crippen LogP contribution in [0, 0.1) is 11.8 Å². The zero-order chi connectivity index (χ0) is 26.4. The molecule has 1 amide bonds. The van der Waals surface area contributed by atoms with Crippen molar-refractivity contribution in [3.8, 4) is 11.1 Å². The van der Waals surface area contributed by atoms with E-state index in [0.29, 0.717) is 13.0 Å². The van der Waals surface area contributed by atoms with Crippen LogP contribution >= 0.6 is 11.6 Å². The summed E-state index contributed by atoms with van der Waals surface area (Å²) >= 11 is 6.71. The van der Waals surface area contributed by atoms with Crippen LogP contribution in [-0.4, -0.2) is 48.3 Å². The molecule has 1 aliphatic heterocycles. The molecule has 1 saturated carbocycles. The van der Waals surface area contributed by atoms with E-state index < -0.39 is 6.10 Å². The molecule has 0 spiro atoms. The SMILES string of the molecule is CCc1cccc(-c2c(Cl)cccc2C(CCCC(O)C2CCCN(C(=O)C3CCC(N)C3)C2)OC)c1. The maximum Gasteiger partial charge on any atom is 0.225 e. The normalized spacial score (nSPS) is 23.7. The maximum absolute atomic E-state index is 13.0. The van der Waals surface area contributed by atoms with E-state index in [-0.39, 0.29) is 29.9 Å². The molecular formula is C31H43ClN2O3. The molecule has 1 heterocycles. The Labute approximate surface area is 227 Å². The van der Waals surface area contributed by atoms with Gasteiger partial charge in [-0.1, -0.05) is 54.9 Å². The summed E-state index contributed by atoms with van der Waals surface area (Å²) in [7, 11) is 1.74. The standard InChI is InChI=1S/C31H43ClN2O3/c1-3-21-8-4-9-22(18-21)30-26(11-5-12-27(30)32)29(37-2)14-6-13-28(35)24-10-7-17-34(20-24)31(36)23-15-16-25(33)19-23/h4-5,8-9,11-12,18,23-25,28-29,35H,3,6-7,10,13-17,19-20,33H2,1-2H3. The molecule has 202 valence electrons. The number of nitrogens with zero attached hydrogens (tertiary/aromatic N) is 1. The highest BCUT2D eigenvalue weighted by atomic mass is 35.5. The molecule has 0 aromatic heterocycles. The summed E-state index contributed by atoms with van der Waals surface area (Å²) in [6.07, 6.45) is 7.33. The molecule has 2 aromatic rings. The monoisotopic (exact) mass is 526 g/mol. The van der Waals surface area contributed by atoms with Crippen molar-refractivity contribution in [1.82, 2.24) is 4.90 Å². The van der Waals surface area contributed by atoms with E-state index in [1.807, 2.05) is 17.0 Å². The van der Waals surface area contributed by atoms with E-state index >= 15 is 0 Å². The fourth-order valence-electron chi connectivity index (χ4n) is 6.23. The van der Waals surface area contributed by atoms with Gasteiger partial charge in [-0.15, -0.1) is 0 Å². The van der Waals surface area contributed by atoms with E-state index in [0.717, 1.165) is 79.6 Å². The summed E-state index contributed by atoms with van der Waals surface area (Å²) in [4.78, 5) is 15.0. The van der Waals surface area contributed by atoms with Gasteiger partial charge in [0.15, 0.2) is 0 Å². The molecule has 2 fully saturated rings. The second-order valence-corrected chi connectivity index (χ2v) is 11.3. The van der Waals surface area contributed by atoms with Crippen molar-refractivity contribution in [3.63, 3.8) is 0 Å². The third-order valence-corrected chi connectivity index (χ3v) is 8.72. The molecule has 1 aliphatic carbocycles. The van der Waals surface area contributed by atoms with Crippen molar-refractivity contribution >= 4 is 17.5 Å². The predicted octanol–water partition coefficient (Wildman–Crippen LogP) is 6.15. The van der Waals surface area contributed by atoms with Gasteiger partial charge in [0.1, 0.15) is 0 Å². The molecule has 6 heteroatoms. The average Bonchev–Trinajstić information content (AvgIpc) is 3.36. The summed E-state index contributed by atoms with van der Waals surface area (Å²) < 4.78 is 5.95. The van der Waals surface area contributed by atoms with Crippen molar-refractivity contribution in [2.24, 2.45) is 17.6 Å². The Morgan fingerprint density at radius 1 is 1.19 bits per heavy atom. The third kappa shape index (κ3) is 6.94. The Kier molecular flexibility index (Phi) is 10.1. The third-order valence-electron chi connectivity index (χ3n) is 8.40. The Bertz CT molecular complexity index is 1040. The number of likely N-dealkylation sites (tertiary alicyclic amines) is 1. The van der Waals surface area contributed by atoms with Crippen molar-refractivity contribution in [1.29, 1.82) is 0 Å². The number of methoxy groups -OCH3 is 1. The number of aliphatic hydroxyl groups excluding tert-OH is 1. The number of carbonyl (C=O) groups excluding carboxylic acids is 1. The first-order valence-corrected chi connectivity index (χ1v) is 14.4. The van der Waals surface area contributed by atoms with Gasteiger partial charge >= 0.3 is 0 Å². The maximum atomic E-state index is 13.0. The second kappa shape index (κ2) is 13.2. The smallest absolute Gasteiger partial charge is 0.225 e. The molecule has 5 nitrogen and oxygen atoms in total. The summed E-state index contributed by atoms with van der Waals surface area (Å²) in [5, 5.41) is 11.8. The first kappa shape index (κ1) is 28.1. The molecule has 5 atom stereocenters. The second-order valence-electron chi connectivity index (χ2n) is 10.9. The van der Waals surface area contributed by atoms with E-state index in [1.165, 1.54) is 5.56 Å². The largest absolute Gasteiger partial charge is 0.393 e. The van der Waals surface area contributed by atoms with E-state index in [1.54, 1.807) is 7.11 Å². The number of benzene rings is 2. The molecule has 2 aromatic carbocycles. The van der Waals surface area contributed by atoms with Crippen LogP contribution in [-0.2, 0) is 16.0 Å². The number of aliphatic hydroxyl groups is 1. The number of amides is 1. The molecule has 4 rings (SSSR count). The van der Waals surface area contributed by atoms with Crippen molar-refractivity contribution in [2.45, 2.75) is 83.0 Å². The van der Waals surface area contributed by atoms with Gasteiger partial charge in [0, 0.05) is 48.7 Å². The van der Waals surface area contributed by atoms with Gasteiger partial charge in [0.25, 0.3) is 0 Å². The summed E-state index contributed by atoms with van der Waals surface area (Å²) in [6, 6.07) is 14.7. The lowest BCUT2D eigenvalue weighted by Gasteiger charge is -2.36. The van der Waals surface area contributed by atoms with Crippen LogP contribution in [0.15, 0.2) is 42.5 Å². The van der Waals surface area contributed by atoms with E-state index in [9.17, 15) is 9.90 Å². The Hall–Kier alpha value is -1.92. The Morgan fingerprint density at radius 3 is 2.73 bits per heavy atom. The van der Waals surface area contributed by atoms with Crippen LogP contribution in [0.2, 0.25) is 5.02 Å². The van der Waals surface area contributed by atoms with Crippen LogP contribution in [0.25, 0.3) is 11.1 Å². The predicted molar refractivity (Wildman–Crippen MR) is 150 cm³/mol. The highest BCUT2D eigenvalue weighted by molar-refractivity contribution is 6.33. The molecule has 2 aliphatic rings. The number of rotatable bonds is 10. The lowest BCUT2D eigenvalue weighted by Crippen LogP contribution is -2.45. The van der Waals surface area contributed by atoms with E-state index in [4.69, 9.17) is 22.1 Å². The minimum absolute atomic E-state index is 0.0678. The summed E-state index contributed by atoms with van der Waals surface area (Å²) in [6.45, 7) is 3.61. The number of aryl methyl sites for hydroxylation is 1. The number of nitrogens with two attached hydrogens (primary N) is 1. The molecule has 37 heavy (non-hydrogen) atoms. The molecule has 3 N–H and O–H groups in total. The summed E-state index contributed by atoms with van der Waals surface area (Å²) in [5.41, 5.74) is 10.5. The van der Waals surface area contributed by atoms with Crippen molar-refractivity contribution < 1.29 is 14.6 Å². The van der Waals surface area contributed by atoms with Gasteiger partial charge in [-0.2, -0.15) is 0 Å². The zero-order valence-electron chi connectivity index (χ0n) is 22.4. The molecule has 1 saturated heterocycles. The van der Waals surface area contributed by atoms with E-state index in [2.05, 4.69) is 37.3 Å². The first-order chi connectivity index (χ1) is 17.9. The summed E-state index contributed by atoms with van der Waals surface area (Å²) in [5.74, 6) is 0.440. The molecule has 0 bridgehead atoms. The van der Waals surface area contributed by atoms with Crippen molar-refractivity contribution in [2.75, 3.05) is 20.2 Å². The fourth-order valence-corrected chi connectivity index (χ4v) is 6.52. The minimum Gasteiger partial charge on any atom is -0.393 e. The van der Waals surface area contributed by atoms with Crippen LogP contribution in [0.4, 0.5) is 0 Å². The number of piperidine rings is 1. The molecular weight excluding hydrogens is 484 g/mol. The van der Waals surface area contributed by atoms with Gasteiger partial charge in [-0.25, -0.2) is 0 Å². The number of hydrogen-bond donors (Lipinski definition) is 2. The fraction of sp³-hybridized carbons (Fsp3) is 0.581. The highest BCUT2D eigenvalue weighted by Gasteiger charge is 2.34. The topological polar surface area (TPSA) is 75.8 Å². The highest BCUT2D eigenvalue weighted by Crippen LogP contribution is 2.38. The number of ether oxygens (including phenoxy) is 1. The Balaban J connectivity index is 1.36. The number of carbonyl (C=O) groups is 1. The average molecular weight is 527 g/mol. The van der Waals surface area contributed by atoms with Gasteiger partial charge in [0.2, 0.25) is 5.91 Å². The lowest BCUT2D eigenvalue weighted by molar-refractivity contribution is -0.138. The van der Waals surface area contributed by atoms with Crippen LogP contribution in [0.1, 0.15) is 75.5 Å². The van der Waals surface area contributed by atoms with Crippen molar-refractivity contribution in [3.05, 3.63) is 58.6 Å². The Morgan fingerprint density at radius 2 is 2.00 bits per heavy atom. The van der Waals surface area contributed by atoms with Gasteiger partial charge < -0.3 is 20.5 Å². The molecule has 0 radical (unpaired) electrons. The van der Waals surface area contributed by atoms with Gasteiger partial charge in [-0.3, -0.25) is 4.79 Å². The lowest BCUT2D eigenvalue weighted by atomic mass is 9.87. The minimum atomic E-state index is -0.418. The molecule has 5 unspecified atom stereocenters. The quantitative estimate of drug-likeness (QED) is 0.389. The van der Waals surface area contributed by atoms with Crippen LogP contribution in [0.3, 0.4) is 0 Å². The van der Waals surface area contributed by atoms with Gasteiger partial charge in [-0.05, 0) is 80.5 Å². The van der Waals surface area contributed by atoms with Crippen LogP contribution < -0.4 is 5.73 Å². The number of hydrogen-bond acceptors (Lipinski definition) is 4. The number of halogens is 1.